The second-order valence-electron chi connectivity index (χ2n) is 12.8. The fourth-order valence-electron chi connectivity index (χ4n) is 9.03. The molecular formula is C32H37N3O4S. The first-order valence-electron chi connectivity index (χ1n) is 14.4. The first kappa shape index (κ1) is 27.4. The molecule has 0 bridgehead atoms. The molecule has 40 heavy (non-hydrogen) atoms. The van der Waals surface area contributed by atoms with Gasteiger partial charge in [-0.2, -0.15) is 5.26 Å². The molecule has 6 rings (SSSR count). The van der Waals surface area contributed by atoms with E-state index in [1.165, 1.54) is 11.8 Å². The number of hydrogen-bond donors (Lipinski definition) is 2. The number of ketones is 2. The van der Waals surface area contributed by atoms with Gasteiger partial charge < -0.3 is 14.8 Å². The standard InChI is InChI=1S/C32H37N3O4S/c1-19-15-23-22-10-9-20-16-21(36)11-12-30(20,2)28(22)26(37)17-31(23,3)32(19,39)27(38)18-40-29-34-24-7-4-5-8-25(24)35(29)14-6-13-33/h4-5,7-8,11-12,16,19,22-23,26,28,37,39H,6,9-10,14-15,17-18H2,1-3H3/t19-,22?,23?,26+,28?,30?,31?,32+/m1/s1. The van der Waals surface area contributed by atoms with Crippen LogP contribution in [0.15, 0.2) is 53.2 Å². The predicted octanol–water partition coefficient (Wildman–Crippen LogP) is 4.87. The number of carbonyl (C=O) groups is 2. The van der Waals surface area contributed by atoms with Gasteiger partial charge in [0.25, 0.3) is 0 Å². The number of imidazole rings is 1. The zero-order chi connectivity index (χ0) is 28.4. The van der Waals surface area contributed by atoms with Crippen LogP contribution in [0.2, 0.25) is 0 Å². The summed E-state index contributed by atoms with van der Waals surface area (Å²) in [5, 5.41) is 33.9. The van der Waals surface area contributed by atoms with E-state index < -0.39 is 17.1 Å². The van der Waals surface area contributed by atoms with Crippen molar-refractivity contribution < 1.29 is 19.8 Å². The van der Waals surface area contributed by atoms with Gasteiger partial charge in [-0.25, -0.2) is 4.98 Å². The molecule has 2 N–H and O–H groups in total. The van der Waals surface area contributed by atoms with Crippen LogP contribution >= 0.6 is 11.8 Å². The fraction of sp³-hybridized carbons (Fsp3) is 0.562. The van der Waals surface area contributed by atoms with Gasteiger partial charge in [0, 0.05) is 23.3 Å². The van der Waals surface area contributed by atoms with Gasteiger partial charge in [-0.05, 0) is 67.7 Å². The Kier molecular flexibility index (Phi) is 6.64. The van der Waals surface area contributed by atoms with Crippen molar-refractivity contribution in [1.82, 2.24) is 9.55 Å². The molecular weight excluding hydrogens is 522 g/mol. The van der Waals surface area contributed by atoms with E-state index in [0.717, 1.165) is 35.9 Å². The van der Waals surface area contributed by atoms with Crippen LogP contribution in [0.3, 0.4) is 0 Å². The van der Waals surface area contributed by atoms with E-state index in [1.54, 1.807) is 12.2 Å². The van der Waals surface area contributed by atoms with Gasteiger partial charge in [0.05, 0.1) is 35.4 Å². The zero-order valence-electron chi connectivity index (χ0n) is 23.3. The van der Waals surface area contributed by atoms with Crippen molar-refractivity contribution in [2.24, 2.45) is 34.5 Å². The molecule has 1 heterocycles. The normalized spacial score (nSPS) is 38.4. The van der Waals surface area contributed by atoms with E-state index in [0.29, 0.717) is 24.5 Å². The molecule has 4 aliphatic carbocycles. The first-order chi connectivity index (χ1) is 19.0. The number of aryl methyl sites for hydroxylation is 1. The monoisotopic (exact) mass is 559 g/mol. The summed E-state index contributed by atoms with van der Waals surface area (Å²) in [6.45, 7) is 6.61. The Morgan fingerprint density at radius 2 is 2.08 bits per heavy atom. The van der Waals surface area contributed by atoms with Crippen LogP contribution in [0.25, 0.3) is 11.0 Å². The van der Waals surface area contributed by atoms with Crippen LogP contribution in [-0.4, -0.2) is 48.8 Å². The molecule has 5 unspecified atom stereocenters. The van der Waals surface area contributed by atoms with Gasteiger partial charge in [0.2, 0.25) is 0 Å². The zero-order valence-corrected chi connectivity index (χ0v) is 24.2. The highest BCUT2D eigenvalue weighted by atomic mass is 32.2. The van der Waals surface area contributed by atoms with Crippen LogP contribution in [-0.2, 0) is 16.1 Å². The maximum absolute atomic E-state index is 14.0. The minimum atomic E-state index is -1.56. The Morgan fingerprint density at radius 3 is 2.85 bits per heavy atom. The number of nitriles is 1. The molecule has 8 atom stereocenters. The number of aliphatic hydroxyl groups is 2. The Balaban J connectivity index is 1.28. The highest BCUT2D eigenvalue weighted by molar-refractivity contribution is 7.99. The maximum atomic E-state index is 14.0. The third-order valence-corrected chi connectivity index (χ3v) is 11.9. The van der Waals surface area contributed by atoms with Gasteiger partial charge in [-0.3, -0.25) is 9.59 Å². The van der Waals surface area contributed by atoms with Crippen molar-refractivity contribution in [3.8, 4) is 6.07 Å². The van der Waals surface area contributed by atoms with Gasteiger partial charge in [0.15, 0.2) is 16.7 Å². The molecule has 3 saturated carbocycles. The largest absolute Gasteiger partial charge is 0.393 e. The molecule has 0 saturated heterocycles. The van der Waals surface area contributed by atoms with E-state index >= 15 is 0 Å². The van der Waals surface area contributed by atoms with E-state index in [4.69, 9.17) is 10.2 Å². The smallest absolute Gasteiger partial charge is 0.178 e. The van der Waals surface area contributed by atoms with Gasteiger partial charge >= 0.3 is 0 Å². The molecule has 4 aliphatic rings. The van der Waals surface area contributed by atoms with Crippen molar-refractivity contribution >= 4 is 34.4 Å². The SMILES string of the molecule is C[C@@H]1CC2C3CCC4=CC(=O)C=CC4(C)C3[C@@H](O)CC2(C)[C@@]1(O)C(=O)CSc1nc2ccccc2n1CCC#N. The van der Waals surface area contributed by atoms with Gasteiger partial charge in [-0.15, -0.1) is 0 Å². The quantitative estimate of drug-likeness (QED) is 0.485. The van der Waals surface area contributed by atoms with Crippen LogP contribution in [0.5, 0.6) is 0 Å². The number of aromatic nitrogens is 2. The molecule has 0 spiro atoms. The molecule has 210 valence electrons. The van der Waals surface area contributed by atoms with E-state index in [2.05, 4.69) is 13.0 Å². The summed E-state index contributed by atoms with van der Waals surface area (Å²) in [4.78, 5) is 30.9. The number of Topliss-reactive ketones (excluding diaryl/α,β-unsaturated/α-hetero) is 1. The van der Waals surface area contributed by atoms with Gasteiger partial charge in [0.1, 0.15) is 5.60 Å². The second-order valence-corrected chi connectivity index (χ2v) is 13.7. The summed E-state index contributed by atoms with van der Waals surface area (Å²) >= 11 is 1.32. The minimum absolute atomic E-state index is 0.00850. The second kappa shape index (κ2) is 9.68. The number of allylic oxidation sites excluding steroid dienone is 4. The molecule has 1 aromatic heterocycles. The molecule has 2 aromatic rings. The van der Waals surface area contributed by atoms with E-state index in [1.807, 2.05) is 48.8 Å². The number of benzene rings is 1. The van der Waals surface area contributed by atoms with Crippen LogP contribution < -0.4 is 0 Å². The Bertz CT molecular complexity index is 1490. The summed E-state index contributed by atoms with van der Waals surface area (Å²) in [5.74, 6) is -0.181. The van der Waals surface area contributed by atoms with E-state index in [9.17, 15) is 19.8 Å². The molecule has 8 heteroatoms. The summed E-state index contributed by atoms with van der Waals surface area (Å²) in [6, 6.07) is 9.93. The van der Waals surface area contributed by atoms with Crippen LogP contribution in [0.1, 0.15) is 52.9 Å². The molecule has 7 nitrogen and oxygen atoms in total. The lowest BCUT2D eigenvalue weighted by Gasteiger charge is -2.59. The lowest BCUT2D eigenvalue weighted by atomic mass is 9.46. The van der Waals surface area contributed by atoms with Crippen LogP contribution in [0.4, 0.5) is 0 Å². The van der Waals surface area contributed by atoms with Crippen molar-refractivity contribution in [3.63, 3.8) is 0 Å². The Hall–Kier alpha value is -2.73. The first-order valence-corrected chi connectivity index (χ1v) is 15.4. The van der Waals surface area contributed by atoms with Crippen molar-refractivity contribution in [3.05, 3.63) is 48.1 Å². The molecule has 0 radical (unpaired) electrons. The highest BCUT2D eigenvalue weighted by Crippen LogP contribution is 2.68. The third-order valence-electron chi connectivity index (χ3n) is 10.9. The van der Waals surface area contributed by atoms with Crippen molar-refractivity contribution in [1.29, 1.82) is 5.26 Å². The summed E-state index contributed by atoms with van der Waals surface area (Å²) in [5.41, 5.74) is 0.134. The lowest BCUT2D eigenvalue weighted by Crippen LogP contribution is -2.62. The average molecular weight is 560 g/mol. The topological polar surface area (TPSA) is 116 Å². The molecule has 0 amide bonds. The summed E-state index contributed by atoms with van der Waals surface area (Å²) in [7, 11) is 0. The number of aliphatic hydroxyl groups excluding tert-OH is 1. The Morgan fingerprint density at radius 1 is 1.30 bits per heavy atom. The van der Waals surface area contributed by atoms with Crippen LogP contribution in [0, 0.1) is 45.8 Å². The molecule has 0 aliphatic heterocycles. The minimum Gasteiger partial charge on any atom is -0.393 e. The third kappa shape index (κ3) is 3.81. The number of thioether (sulfide) groups is 1. The molecule has 3 fully saturated rings. The molecule has 1 aromatic carbocycles. The predicted molar refractivity (Wildman–Crippen MR) is 153 cm³/mol. The maximum Gasteiger partial charge on any atom is 0.178 e. The van der Waals surface area contributed by atoms with Gasteiger partial charge in [-0.1, -0.05) is 56.3 Å². The number of nitrogens with zero attached hydrogens (tertiary/aromatic N) is 3. The number of carbonyl (C=O) groups excluding carboxylic acids is 2. The summed E-state index contributed by atoms with van der Waals surface area (Å²) in [6.07, 6.45) is 7.73. The van der Waals surface area contributed by atoms with Crippen molar-refractivity contribution in [2.75, 3.05) is 5.75 Å². The lowest BCUT2D eigenvalue weighted by molar-refractivity contribution is -0.179. The number of fused-ring (bicyclic) bond motifs is 6. The Labute approximate surface area is 239 Å². The number of hydrogen-bond acceptors (Lipinski definition) is 7. The van der Waals surface area contributed by atoms with E-state index in [-0.39, 0.29) is 46.4 Å². The van der Waals surface area contributed by atoms with Crippen molar-refractivity contribution in [2.45, 2.75) is 76.3 Å². The fourth-order valence-corrected chi connectivity index (χ4v) is 10.0. The number of rotatable bonds is 6. The average Bonchev–Trinajstić information content (AvgIpc) is 3.38. The highest BCUT2D eigenvalue weighted by Gasteiger charge is 2.70. The summed E-state index contributed by atoms with van der Waals surface area (Å²) < 4.78 is 1.98. The number of para-hydroxylation sites is 2.